The van der Waals surface area contributed by atoms with E-state index in [1.807, 2.05) is 0 Å². The molecule has 1 aromatic heterocycles. The van der Waals surface area contributed by atoms with Gasteiger partial charge in [0.15, 0.2) is 5.69 Å². The molecular weight excluding hydrogens is 247 g/mol. The van der Waals surface area contributed by atoms with Crippen LogP contribution in [-0.4, -0.2) is 21.0 Å². The van der Waals surface area contributed by atoms with E-state index < -0.39 is 23.5 Å². The number of aryl methyl sites for hydroxylation is 1. The van der Waals surface area contributed by atoms with Crippen LogP contribution in [0.15, 0.2) is 6.20 Å². The van der Waals surface area contributed by atoms with Gasteiger partial charge in [0.05, 0.1) is 6.10 Å². The quantitative estimate of drug-likeness (QED) is 0.807. The highest BCUT2D eigenvalue weighted by molar-refractivity contribution is 5.29. The van der Waals surface area contributed by atoms with Crippen LogP contribution in [0.1, 0.15) is 36.9 Å². The van der Waals surface area contributed by atoms with Crippen molar-refractivity contribution in [1.82, 2.24) is 9.78 Å². The molecule has 4 nitrogen and oxygen atoms in total. The van der Waals surface area contributed by atoms with Crippen LogP contribution in [-0.2, 0) is 18.8 Å². The van der Waals surface area contributed by atoms with Crippen molar-refractivity contribution in [2.75, 3.05) is 0 Å². The zero-order valence-corrected chi connectivity index (χ0v) is 10.0. The number of rotatable bonds is 1. The SMILES string of the molecule is Cn1cc(C2(N)CCC(O)CC2)c(C(F)(F)F)n1. The predicted octanol–water partition coefficient (Wildman–Crippen LogP) is 1.53. The third kappa shape index (κ3) is 2.37. The first-order chi connectivity index (χ1) is 8.22. The summed E-state index contributed by atoms with van der Waals surface area (Å²) in [5, 5.41) is 12.9. The van der Waals surface area contributed by atoms with Gasteiger partial charge in [-0.1, -0.05) is 0 Å². The summed E-state index contributed by atoms with van der Waals surface area (Å²) in [6, 6.07) is 0. The molecule has 3 N–H and O–H groups in total. The van der Waals surface area contributed by atoms with E-state index in [-0.39, 0.29) is 5.56 Å². The van der Waals surface area contributed by atoms with Crippen molar-refractivity contribution >= 4 is 0 Å². The van der Waals surface area contributed by atoms with Gasteiger partial charge in [-0.15, -0.1) is 0 Å². The van der Waals surface area contributed by atoms with Crippen LogP contribution in [0.5, 0.6) is 0 Å². The normalized spacial score (nSPS) is 29.6. The number of halogens is 3. The number of nitrogens with zero attached hydrogens (tertiary/aromatic N) is 2. The second kappa shape index (κ2) is 4.24. The van der Waals surface area contributed by atoms with Gasteiger partial charge < -0.3 is 10.8 Å². The molecule has 0 saturated heterocycles. The molecule has 102 valence electrons. The minimum Gasteiger partial charge on any atom is -0.393 e. The van der Waals surface area contributed by atoms with E-state index in [1.54, 1.807) is 0 Å². The molecule has 0 unspecified atom stereocenters. The lowest BCUT2D eigenvalue weighted by Crippen LogP contribution is -2.42. The Kier molecular flexibility index (Phi) is 3.14. The number of alkyl halides is 3. The summed E-state index contributed by atoms with van der Waals surface area (Å²) < 4.78 is 39.8. The monoisotopic (exact) mass is 263 g/mol. The predicted molar refractivity (Wildman–Crippen MR) is 58.6 cm³/mol. The van der Waals surface area contributed by atoms with Gasteiger partial charge in [-0.25, -0.2) is 0 Å². The first-order valence-corrected chi connectivity index (χ1v) is 5.81. The molecule has 1 heterocycles. The van der Waals surface area contributed by atoms with Crippen molar-refractivity contribution in [3.05, 3.63) is 17.5 Å². The van der Waals surface area contributed by atoms with E-state index in [0.717, 1.165) is 4.68 Å². The zero-order valence-electron chi connectivity index (χ0n) is 10.0. The van der Waals surface area contributed by atoms with Crippen molar-refractivity contribution in [3.63, 3.8) is 0 Å². The molecule has 1 saturated carbocycles. The second-order valence-corrected chi connectivity index (χ2v) is 4.95. The molecule has 2 rings (SSSR count). The standard InChI is InChI=1S/C11H16F3N3O/c1-17-6-8(9(16-17)11(12,13)14)10(15)4-2-7(18)3-5-10/h6-7,18H,2-5,15H2,1H3. The highest BCUT2D eigenvalue weighted by atomic mass is 19.4. The fourth-order valence-corrected chi connectivity index (χ4v) is 2.45. The molecule has 0 radical (unpaired) electrons. The smallest absolute Gasteiger partial charge is 0.393 e. The molecule has 1 aliphatic rings. The Morgan fingerprint density at radius 2 is 2.00 bits per heavy atom. The Hall–Kier alpha value is -1.08. The highest BCUT2D eigenvalue weighted by Crippen LogP contribution is 2.41. The molecule has 1 aliphatic carbocycles. The Bertz CT molecular complexity index is 433. The Morgan fingerprint density at radius 1 is 1.44 bits per heavy atom. The molecule has 1 fully saturated rings. The molecule has 18 heavy (non-hydrogen) atoms. The van der Waals surface area contributed by atoms with Gasteiger partial charge in [-0.05, 0) is 25.7 Å². The van der Waals surface area contributed by atoms with Crippen LogP contribution in [0, 0.1) is 0 Å². The summed E-state index contributed by atoms with van der Waals surface area (Å²) in [5.74, 6) is 0. The van der Waals surface area contributed by atoms with Crippen LogP contribution in [0.2, 0.25) is 0 Å². The number of hydrogen-bond donors (Lipinski definition) is 2. The molecule has 0 spiro atoms. The van der Waals surface area contributed by atoms with E-state index in [2.05, 4.69) is 5.10 Å². The molecule has 0 bridgehead atoms. The zero-order chi connectivity index (χ0) is 13.6. The second-order valence-electron chi connectivity index (χ2n) is 4.95. The lowest BCUT2D eigenvalue weighted by Gasteiger charge is -2.35. The molecule has 0 aliphatic heterocycles. The summed E-state index contributed by atoms with van der Waals surface area (Å²) in [5.41, 5.74) is 4.16. The Balaban J connectivity index is 2.38. The van der Waals surface area contributed by atoms with Crippen molar-refractivity contribution in [2.45, 2.75) is 43.5 Å². The third-order valence-corrected chi connectivity index (χ3v) is 3.48. The van der Waals surface area contributed by atoms with Crippen molar-refractivity contribution in [3.8, 4) is 0 Å². The van der Waals surface area contributed by atoms with Crippen molar-refractivity contribution < 1.29 is 18.3 Å². The van der Waals surface area contributed by atoms with Gasteiger partial charge in [-0.3, -0.25) is 4.68 Å². The van der Waals surface area contributed by atoms with E-state index in [4.69, 9.17) is 5.73 Å². The molecule has 0 amide bonds. The number of hydrogen-bond acceptors (Lipinski definition) is 3. The number of nitrogens with two attached hydrogens (primary N) is 1. The average molecular weight is 263 g/mol. The van der Waals surface area contributed by atoms with E-state index in [1.165, 1.54) is 13.2 Å². The third-order valence-electron chi connectivity index (χ3n) is 3.48. The van der Waals surface area contributed by atoms with Crippen LogP contribution in [0.4, 0.5) is 13.2 Å². The maximum atomic E-state index is 12.9. The van der Waals surface area contributed by atoms with Gasteiger partial charge in [0.2, 0.25) is 0 Å². The van der Waals surface area contributed by atoms with Crippen molar-refractivity contribution in [1.29, 1.82) is 0 Å². The van der Waals surface area contributed by atoms with E-state index in [9.17, 15) is 18.3 Å². The first kappa shape index (κ1) is 13.4. The molecular formula is C11H16F3N3O. The van der Waals surface area contributed by atoms with Crippen LogP contribution < -0.4 is 5.73 Å². The van der Waals surface area contributed by atoms with Gasteiger partial charge in [-0.2, -0.15) is 18.3 Å². The Morgan fingerprint density at radius 3 is 2.50 bits per heavy atom. The Labute approximate surface area is 103 Å². The van der Waals surface area contributed by atoms with Crippen molar-refractivity contribution in [2.24, 2.45) is 12.8 Å². The summed E-state index contributed by atoms with van der Waals surface area (Å²) in [7, 11) is 1.44. The number of aliphatic hydroxyl groups excluding tert-OH is 1. The molecule has 1 aromatic rings. The maximum Gasteiger partial charge on any atom is 0.435 e. The highest BCUT2D eigenvalue weighted by Gasteiger charge is 2.44. The van der Waals surface area contributed by atoms with Gasteiger partial charge in [0, 0.05) is 24.3 Å². The summed E-state index contributed by atoms with van der Waals surface area (Å²) in [6.07, 6.45) is -2.12. The fraction of sp³-hybridized carbons (Fsp3) is 0.727. The van der Waals surface area contributed by atoms with Crippen LogP contribution in [0.3, 0.4) is 0 Å². The number of aromatic nitrogens is 2. The lowest BCUT2D eigenvalue weighted by atomic mass is 9.76. The number of aliphatic hydroxyl groups is 1. The van der Waals surface area contributed by atoms with E-state index >= 15 is 0 Å². The minimum absolute atomic E-state index is 0.0319. The minimum atomic E-state index is -4.50. The molecule has 0 aromatic carbocycles. The van der Waals surface area contributed by atoms with Gasteiger partial charge in [0.1, 0.15) is 0 Å². The maximum absolute atomic E-state index is 12.9. The van der Waals surface area contributed by atoms with Crippen LogP contribution >= 0.6 is 0 Å². The largest absolute Gasteiger partial charge is 0.435 e. The molecule has 0 atom stereocenters. The average Bonchev–Trinajstić information content (AvgIpc) is 2.66. The summed E-state index contributed by atoms with van der Waals surface area (Å²) in [6.45, 7) is 0. The van der Waals surface area contributed by atoms with Crippen LogP contribution in [0.25, 0.3) is 0 Å². The summed E-state index contributed by atoms with van der Waals surface area (Å²) >= 11 is 0. The topological polar surface area (TPSA) is 64.1 Å². The van der Waals surface area contributed by atoms with E-state index in [0.29, 0.717) is 25.7 Å². The first-order valence-electron chi connectivity index (χ1n) is 5.81. The summed E-state index contributed by atoms with van der Waals surface area (Å²) in [4.78, 5) is 0. The fourth-order valence-electron chi connectivity index (χ4n) is 2.45. The lowest BCUT2D eigenvalue weighted by molar-refractivity contribution is -0.142. The van der Waals surface area contributed by atoms with Gasteiger partial charge >= 0.3 is 6.18 Å². The van der Waals surface area contributed by atoms with Gasteiger partial charge in [0.25, 0.3) is 0 Å². The molecule has 7 heteroatoms.